The van der Waals surface area contributed by atoms with E-state index in [1.54, 1.807) is 10.9 Å². The predicted molar refractivity (Wildman–Crippen MR) is 55.1 cm³/mol. The lowest BCUT2D eigenvalue weighted by Crippen LogP contribution is -2.16. The van der Waals surface area contributed by atoms with Crippen molar-refractivity contribution in [2.75, 3.05) is 0 Å². The second kappa shape index (κ2) is 3.91. The van der Waals surface area contributed by atoms with Crippen LogP contribution >= 0.6 is 11.6 Å². The molecule has 1 heterocycles. The average molecular weight is 215 g/mol. The highest BCUT2D eigenvalue weighted by atomic mass is 35.5. The van der Waals surface area contributed by atoms with E-state index >= 15 is 0 Å². The Labute approximate surface area is 88.7 Å². The van der Waals surface area contributed by atoms with Crippen molar-refractivity contribution >= 4 is 11.6 Å². The Balaban J connectivity index is 2.05. The molecule has 1 aliphatic rings. The molecule has 1 aromatic heterocycles. The lowest BCUT2D eigenvalue weighted by molar-refractivity contribution is 0.111. The third-order valence-electron chi connectivity index (χ3n) is 3.03. The van der Waals surface area contributed by atoms with Crippen LogP contribution in [0.5, 0.6) is 0 Å². The van der Waals surface area contributed by atoms with Gasteiger partial charge in [-0.25, -0.2) is 0 Å². The second-order valence-electron chi connectivity index (χ2n) is 4.05. The molecule has 0 bridgehead atoms. The van der Waals surface area contributed by atoms with Crippen LogP contribution in [0.1, 0.15) is 37.5 Å². The van der Waals surface area contributed by atoms with Gasteiger partial charge in [0.2, 0.25) is 0 Å². The summed E-state index contributed by atoms with van der Waals surface area (Å²) in [7, 11) is 1.81. The van der Waals surface area contributed by atoms with Gasteiger partial charge >= 0.3 is 0 Å². The summed E-state index contributed by atoms with van der Waals surface area (Å²) in [6.07, 6.45) is 5.73. The van der Waals surface area contributed by atoms with Crippen LogP contribution in [0.4, 0.5) is 0 Å². The first-order chi connectivity index (χ1) is 6.68. The van der Waals surface area contributed by atoms with E-state index in [0.29, 0.717) is 10.9 Å². The molecule has 0 aliphatic heterocycles. The van der Waals surface area contributed by atoms with E-state index in [2.05, 4.69) is 5.10 Å². The minimum Gasteiger partial charge on any atom is -0.387 e. The molecule has 0 radical (unpaired) electrons. The van der Waals surface area contributed by atoms with Crippen molar-refractivity contribution in [2.45, 2.75) is 31.8 Å². The van der Waals surface area contributed by atoms with Gasteiger partial charge in [0.05, 0.1) is 23.0 Å². The van der Waals surface area contributed by atoms with Crippen LogP contribution in [0.2, 0.25) is 5.02 Å². The molecule has 4 heteroatoms. The maximum Gasteiger partial charge on any atom is 0.0974 e. The van der Waals surface area contributed by atoms with Gasteiger partial charge in [-0.2, -0.15) is 5.10 Å². The first-order valence-corrected chi connectivity index (χ1v) is 5.41. The summed E-state index contributed by atoms with van der Waals surface area (Å²) in [4.78, 5) is 0. The van der Waals surface area contributed by atoms with Gasteiger partial charge in [0.1, 0.15) is 0 Å². The Morgan fingerprint density at radius 3 is 2.86 bits per heavy atom. The quantitative estimate of drug-likeness (QED) is 0.839. The SMILES string of the molecule is Cn1ncc(Cl)c1C(O)CC1CCC1. The standard InChI is InChI=1S/C10H15ClN2O/c1-13-10(8(11)6-12-13)9(14)5-7-3-2-4-7/h6-7,9,14H,2-5H2,1H3. The number of halogens is 1. The Morgan fingerprint density at radius 2 is 2.43 bits per heavy atom. The first-order valence-electron chi connectivity index (χ1n) is 5.04. The zero-order chi connectivity index (χ0) is 10.1. The molecule has 3 nitrogen and oxygen atoms in total. The number of hydrogen-bond acceptors (Lipinski definition) is 2. The van der Waals surface area contributed by atoms with E-state index in [-0.39, 0.29) is 0 Å². The van der Waals surface area contributed by atoms with Gasteiger partial charge in [-0.3, -0.25) is 4.68 Å². The molecular weight excluding hydrogens is 200 g/mol. The fraction of sp³-hybridized carbons (Fsp3) is 0.700. The molecule has 1 unspecified atom stereocenters. The maximum atomic E-state index is 9.96. The molecule has 0 aromatic carbocycles. The van der Waals surface area contributed by atoms with Gasteiger partial charge in [0, 0.05) is 7.05 Å². The zero-order valence-corrected chi connectivity index (χ0v) is 9.04. The van der Waals surface area contributed by atoms with Crippen LogP contribution in [0.15, 0.2) is 6.20 Å². The van der Waals surface area contributed by atoms with Gasteiger partial charge in [0.15, 0.2) is 0 Å². The summed E-state index contributed by atoms with van der Waals surface area (Å²) in [6, 6.07) is 0. The van der Waals surface area contributed by atoms with E-state index in [1.165, 1.54) is 19.3 Å². The van der Waals surface area contributed by atoms with Crippen LogP contribution in [-0.2, 0) is 7.05 Å². The molecular formula is C10H15ClN2O. The Bertz CT molecular complexity index is 300. The zero-order valence-electron chi connectivity index (χ0n) is 8.28. The summed E-state index contributed by atoms with van der Waals surface area (Å²) < 4.78 is 1.66. The summed E-state index contributed by atoms with van der Waals surface area (Å²) in [5.41, 5.74) is 0.749. The second-order valence-corrected chi connectivity index (χ2v) is 4.46. The molecule has 1 aromatic rings. The maximum absolute atomic E-state index is 9.96. The minimum absolute atomic E-state index is 0.458. The van der Waals surface area contributed by atoms with E-state index in [4.69, 9.17) is 11.6 Å². The van der Waals surface area contributed by atoms with E-state index in [9.17, 15) is 5.11 Å². The van der Waals surface area contributed by atoms with Crippen molar-refractivity contribution < 1.29 is 5.11 Å². The summed E-state index contributed by atoms with van der Waals surface area (Å²) in [5.74, 6) is 0.677. The normalized spacial score (nSPS) is 19.4. The average Bonchev–Trinajstić information content (AvgIpc) is 2.39. The third-order valence-corrected chi connectivity index (χ3v) is 3.33. The van der Waals surface area contributed by atoms with E-state index in [1.807, 2.05) is 7.05 Å². The largest absolute Gasteiger partial charge is 0.387 e. The molecule has 2 rings (SSSR count). The first kappa shape index (κ1) is 9.99. The lowest BCUT2D eigenvalue weighted by Gasteiger charge is -2.27. The third kappa shape index (κ3) is 1.79. The monoisotopic (exact) mass is 214 g/mol. The number of hydrogen-bond donors (Lipinski definition) is 1. The van der Waals surface area contributed by atoms with Crippen LogP contribution in [0, 0.1) is 5.92 Å². The highest BCUT2D eigenvalue weighted by Crippen LogP contribution is 2.36. The smallest absolute Gasteiger partial charge is 0.0974 e. The van der Waals surface area contributed by atoms with Gasteiger partial charge in [-0.1, -0.05) is 30.9 Å². The number of rotatable bonds is 3. The van der Waals surface area contributed by atoms with Crippen LogP contribution in [-0.4, -0.2) is 14.9 Å². The lowest BCUT2D eigenvalue weighted by atomic mass is 9.81. The number of aliphatic hydroxyl groups excluding tert-OH is 1. The predicted octanol–water partition coefficient (Wildman–Crippen LogP) is 2.30. The molecule has 1 fully saturated rings. The highest BCUT2D eigenvalue weighted by molar-refractivity contribution is 6.31. The molecule has 78 valence electrons. The van der Waals surface area contributed by atoms with Crippen LogP contribution in [0.25, 0.3) is 0 Å². The summed E-state index contributed by atoms with van der Waals surface area (Å²) in [6.45, 7) is 0. The summed E-state index contributed by atoms with van der Waals surface area (Å²) in [5, 5.41) is 14.5. The van der Waals surface area contributed by atoms with Crippen molar-refractivity contribution in [3.63, 3.8) is 0 Å². The number of aryl methyl sites for hydroxylation is 1. The number of aromatic nitrogens is 2. The Hall–Kier alpha value is -0.540. The molecule has 1 aliphatic carbocycles. The summed E-state index contributed by atoms with van der Waals surface area (Å²) >= 11 is 5.94. The molecule has 0 spiro atoms. The van der Waals surface area contributed by atoms with Crippen molar-refractivity contribution in [3.8, 4) is 0 Å². The van der Waals surface area contributed by atoms with Crippen molar-refractivity contribution in [2.24, 2.45) is 13.0 Å². The number of nitrogens with zero attached hydrogens (tertiary/aromatic N) is 2. The van der Waals surface area contributed by atoms with Crippen molar-refractivity contribution in [1.82, 2.24) is 9.78 Å². The topological polar surface area (TPSA) is 38.0 Å². The fourth-order valence-corrected chi connectivity index (χ4v) is 2.24. The highest BCUT2D eigenvalue weighted by Gasteiger charge is 2.24. The van der Waals surface area contributed by atoms with Crippen molar-refractivity contribution in [1.29, 1.82) is 0 Å². The molecule has 0 amide bonds. The van der Waals surface area contributed by atoms with Crippen molar-refractivity contribution in [3.05, 3.63) is 16.9 Å². The Kier molecular flexibility index (Phi) is 2.79. The molecule has 14 heavy (non-hydrogen) atoms. The van der Waals surface area contributed by atoms with E-state index < -0.39 is 6.10 Å². The van der Waals surface area contributed by atoms with Gasteiger partial charge < -0.3 is 5.11 Å². The molecule has 1 saturated carbocycles. The van der Waals surface area contributed by atoms with Gasteiger partial charge in [-0.15, -0.1) is 0 Å². The Morgan fingerprint density at radius 1 is 1.71 bits per heavy atom. The van der Waals surface area contributed by atoms with Gasteiger partial charge in [0.25, 0.3) is 0 Å². The van der Waals surface area contributed by atoms with Crippen LogP contribution in [0.3, 0.4) is 0 Å². The van der Waals surface area contributed by atoms with Crippen LogP contribution < -0.4 is 0 Å². The molecule has 1 N–H and O–H groups in total. The molecule has 1 atom stereocenters. The number of aliphatic hydroxyl groups is 1. The fourth-order valence-electron chi connectivity index (χ4n) is 1.95. The molecule has 0 saturated heterocycles. The van der Waals surface area contributed by atoms with E-state index in [0.717, 1.165) is 12.1 Å². The van der Waals surface area contributed by atoms with Gasteiger partial charge in [-0.05, 0) is 12.3 Å². The minimum atomic E-state index is -0.458.